The Morgan fingerprint density at radius 1 is 1.31 bits per heavy atom. The molecule has 2 aliphatic heterocycles. The van der Waals surface area contributed by atoms with Crippen LogP contribution in [0, 0.1) is 11.8 Å². The van der Waals surface area contributed by atoms with E-state index in [9.17, 15) is 13.2 Å². The lowest BCUT2D eigenvalue weighted by Gasteiger charge is -2.33. The molecule has 0 saturated carbocycles. The molecule has 1 aromatic rings. The van der Waals surface area contributed by atoms with Crippen molar-refractivity contribution in [1.29, 1.82) is 0 Å². The third kappa shape index (κ3) is 3.40. The van der Waals surface area contributed by atoms with Crippen LogP contribution < -0.4 is 4.90 Å². The maximum atomic E-state index is 13.1. The topological polar surface area (TPSA) is 66.9 Å². The predicted octanol–water partition coefficient (Wildman–Crippen LogP) is 2.28. The second kappa shape index (κ2) is 7.29. The number of benzene rings is 1. The van der Waals surface area contributed by atoms with Crippen LogP contribution in [0.3, 0.4) is 0 Å². The fourth-order valence-corrected chi connectivity index (χ4v) is 4.82. The summed E-state index contributed by atoms with van der Waals surface area (Å²) < 4.78 is 31.8. The number of hydrogen-bond acceptors (Lipinski definition) is 4. The fraction of sp³-hybridized carbons (Fsp3) is 0.632. The van der Waals surface area contributed by atoms with Crippen molar-refractivity contribution in [2.75, 3.05) is 32.1 Å². The summed E-state index contributed by atoms with van der Waals surface area (Å²) in [6.45, 7) is 5.53. The molecule has 0 spiro atoms. The first-order valence-electron chi connectivity index (χ1n) is 9.22. The van der Waals surface area contributed by atoms with Gasteiger partial charge in [-0.2, -0.15) is 0 Å². The van der Waals surface area contributed by atoms with Crippen molar-refractivity contribution in [3.05, 3.63) is 23.8 Å². The normalized spacial score (nSPS) is 23.5. The van der Waals surface area contributed by atoms with Crippen LogP contribution in [-0.4, -0.2) is 52.0 Å². The summed E-state index contributed by atoms with van der Waals surface area (Å²) in [5, 5.41) is 0. The highest BCUT2D eigenvalue weighted by Gasteiger charge is 2.39. The monoisotopic (exact) mass is 380 g/mol. The van der Waals surface area contributed by atoms with Gasteiger partial charge >= 0.3 is 0 Å². The molecule has 144 valence electrons. The first-order chi connectivity index (χ1) is 12.2. The highest BCUT2D eigenvalue weighted by molar-refractivity contribution is 7.89. The number of ether oxygens (including phenoxy) is 1. The van der Waals surface area contributed by atoms with Gasteiger partial charge in [0.15, 0.2) is 0 Å². The summed E-state index contributed by atoms with van der Waals surface area (Å²) in [6, 6.07) is 5.07. The van der Waals surface area contributed by atoms with E-state index in [0.717, 1.165) is 30.5 Å². The molecule has 1 fully saturated rings. The van der Waals surface area contributed by atoms with Crippen LogP contribution in [0.4, 0.5) is 5.69 Å². The largest absolute Gasteiger partial charge is 0.368 e. The van der Waals surface area contributed by atoms with Crippen LogP contribution in [0.25, 0.3) is 0 Å². The van der Waals surface area contributed by atoms with E-state index >= 15 is 0 Å². The number of fused-ring (bicyclic) bond motifs is 1. The molecular formula is C19H28N2O4S. The molecule has 0 bridgehead atoms. The quantitative estimate of drug-likeness (QED) is 0.804. The standard InChI is InChI=1S/C19H28N2O4S/c1-13(2)16-9-11-25-18(16)19(22)21-10-5-6-14-12-15(7-8-17(14)21)26(23,24)20(3)4/h7-8,12-13,16,18H,5-6,9-11H2,1-4H3/t16-,18-/m1/s1. The van der Waals surface area contributed by atoms with E-state index in [1.165, 1.54) is 18.4 Å². The Hall–Kier alpha value is -1.44. The van der Waals surface area contributed by atoms with Gasteiger partial charge in [0.1, 0.15) is 6.10 Å². The molecule has 1 aromatic carbocycles. The summed E-state index contributed by atoms with van der Waals surface area (Å²) >= 11 is 0. The van der Waals surface area contributed by atoms with E-state index in [2.05, 4.69) is 13.8 Å². The zero-order chi connectivity index (χ0) is 19.1. The number of carbonyl (C=O) groups is 1. The number of carbonyl (C=O) groups excluding carboxylic acids is 1. The Bertz CT molecular complexity index is 789. The number of hydrogen-bond donors (Lipinski definition) is 0. The summed E-state index contributed by atoms with van der Waals surface area (Å²) in [7, 11) is -0.435. The summed E-state index contributed by atoms with van der Waals surface area (Å²) in [6.07, 6.45) is 2.11. The summed E-state index contributed by atoms with van der Waals surface area (Å²) in [4.78, 5) is 15.2. The zero-order valence-electron chi connectivity index (χ0n) is 15.9. The molecule has 0 aromatic heterocycles. The second-order valence-corrected chi connectivity index (χ2v) is 9.81. The number of rotatable bonds is 4. The van der Waals surface area contributed by atoms with Gasteiger partial charge in [-0.1, -0.05) is 13.8 Å². The average Bonchev–Trinajstić information content (AvgIpc) is 3.10. The first-order valence-corrected chi connectivity index (χ1v) is 10.7. The Morgan fingerprint density at radius 2 is 2.04 bits per heavy atom. The van der Waals surface area contributed by atoms with E-state index in [0.29, 0.717) is 19.1 Å². The highest BCUT2D eigenvalue weighted by atomic mass is 32.2. The second-order valence-electron chi connectivity index (χ2n) is 7.66. The van der Waals surface area contributed by atoms with E-state index in [4.69, 9.17) is 4.74 Å². The molecule has 6 nitrogen and oxygen atoms in total. The number of amides is 1. The Labute approximate surface area is 156 Å². The van der Waals surface area contributed by atoms with Gasteiger partial charge in [0.05, 0.1) is 4.90 Å². The Kier molecular flexibility index (Phi) is 5.42. The lowest BCUT2D eigenvalue weighted by atomic mass is 9.88. The predicted molar refractivity (Wildman–Crippen MR) is 101 cm³/mol. The van der Waals surface area contributed by atoms with Gasteiger partial charge < -0.3 is 9.64 Å². The van der Waals surface area contributed by atoms with Crippen molar-refractivity contribution in [2.24, 2.45) is 11.8 Å². The van der Waals surface area contributed by atoms with Crippen LogP contribution in [-0.2, 0) is 26.0 Å². The number of anilines is 1. The van der Waals surface area contributed by atoms with Gasteiger partial charge in [0.25, 0.3) is 5.91 Å². The van der Waals surface area contributed by atoms with Gasteiger partial charge in [0, 0.05) is 32.9 Å². The van der Waals surface area contributed by atoms with Gasteiger partial charge in [-0.15, -0.1) is 0 Å². The molecule has 26 heavy (non-hydrogen) atoms. The maximum Gasteiger partial charge on any atom is 0.256 e. The SMILES string of the molecule is CC(C)[C@H]1CCO[C@H]1C(=O)N1CCCc2cc(S(=O)(=O)N(C)C)ccc21. The van der Waals surface area contributed by atoms with Gasteiger partial charge in [-0.3, -0.25) is 4.79 Å². The number of aryl methyl sites for hydroxylation is 1. The molecule has 0 unspecified atom stereocenters. The van der Waals surface area contributed by atoms with E-state index < -0.39 is 16.1 Å². The smallest absolute Gasteiger partial charge is 0.256 e. The minimum Gasteiger partial charge on any atom is -0.368 e. The van der Waals surface area contributed by atoms with Crippen molar-refractivity contribution >= 4 is 21.6 Å². The Balaban J connectivity index is 1.91. The third-order valence-electron chi connectivity index (χ3n) is 5.45. The molecule has 7 heteroatoms. The van der Waals surface area contributed by atoms with Crippen LogP contribution in [0.15, 0.2) is 23.1 Å². The van der Waals surface area contributed by atoms with Crippen molar-refractivity contribution < 1.29 is 17.9 Å². The van der Waals surface area contributed by atoms with E-state index in [-0.39, 0.29) is 16.7 Å². The lowest BCUT2D eigenvalue weighted by Crippen LogP contribution is -2.45. The summed E-state index contributed by atoms with van der Waals surface area (Å²) in [5.74, 6) is 0.634. The van der Waals surface area contributed by atoms with Gasteiger partial charge in [-0.05, 0) is 54.9 Å². The van der Waals surface area contributed by atoms with Crippen molar-refractivity contribution in [2.45, 2.75) is 44.1 Å². The molecule has 1 saturated heterocycles. The zero-order valence-corrected chi connectivity index (χ0v) is 16.8. The fourth-order valence-electron chi connectivity index (χ4n) is 3.87. The van der Waals surface area contributed by atoms with Crippen LogP contribution in [0.2, 0.25) is 0 Å². The van der Waals surface area contributed by atoms with E-state index in [1.807, 2.05) is 0 Å². The van der Waals surface area contributed by atoms with Crippen LogP contribution >= 0.6 is 0 Å². The molecule has 2 aliphatic rings. The molecule has 0 N–H and O–H groups in total. The minimum atomic E-state index is -3.48. The molecular weight excluding hydrogens is 352 g/mol. The van der Waals surface area contributed by atoms with Gasteiger partial charge in [0.2, 0.25) is 10.0 Å². The maximum absolute atomic E-state index is 13.1. The van der Waals surface area contributed by atoms with Crippen LogP contribution in [0.5, 0.6) is 0 Å². The lowest BCUT2D eigenvalue weighted by molar-refractivity contribution is -0.129. The molecule has 2 heterocycles. The molecule has 3 rings (SSSR count). The highest BCUT2D eigenvalue weighted by Crippen LogP contribution is 2.34. The van der Waals surface area contributed by atoms with Crippen molar-refractivity contribution in [3.8, 4) is 0 Å². The third-order valence-corrected chi connectivity index (χ3v) is 7.26. The molecule has 0 radical (unpaired) electrons. The minimum absolute atomic E-state index is 0.00497. The molecule has 2 atom stereocenters. The summed E-state index contributed by atoms with van der Waals surface area (Å²) in [5.41, 5.74) is 1.73. The van der Waals surface area contributed by atoms with E-state index in [1.54, 1.807) is 23.1 Å². The van der Waals surface area contributed by atoms with Crippen LogP contribution in [0.1, 0.15) is 32.3 Å². The number of nitrogens with zero attached hydrogens (tertiary/aromatic N) is 2. The van der Waals surface area contributed by atoms with Gasteiger partial charge in [-0.25, -0.2) is 12.7 Å². The van der Waals surface area contributed by atoms with Crippen molar-refractivity contribution in [1.82, 2.24) is 4.31 Å². The molecule has 1 amide bonds. The average molecular weight is 381 g/mol. The van der Waals surface area contributed by atoms with Crippen molar-refractivity contribution in [3.63, 3.8) is 0 Å². The molecule has 0 aliphatic carbocycles. The Morgan fingerprint density at radius 3 is 2.69 bits per heavy atom. The first kappa shape index (κ1) is 19.3. The number of sulfonamides is 1.